The Morgan fingerprint density at radius 2 is 2.26 bits per heavy atom. The van der Waals surface area contributed by atoms with E-state index in [1.54, 1.807) is 11.0 Å². The van der Waals surface area contributed by atoms with Gasteiger partial charge in [0.15, 0.2) is 0 Å². The quantitative estimate of drug-likeness (QED) is 0.811. The summed E-state index contributed by atoms with van der Waals surface area (Å²) >= 11 is 0. The number of hydrogen-bond donors (Lipinski definition) is 0. The van der Waals surface area contributed by atoms with Gasteiger partial charge < -0.3 is 4.90 Å². The molecule has 0 radical (unpaired) electrons. The van der Waals surface area contributed by atoms with Gasteiger partial charge in [0.25, 0.3) is 0 Å². The molecule has 1 atom stereocenters. The Morgan fingerprint density at radius 1 is 1.39 bits per heavy atom. The minimum absolute atomic E-state index is 0.245. The van der Waals surface area contributed by atoms with Crippen molar-refractivity contribution in [2.45, 2.75) is 58.7 Å². The molecule has 3 rings (SSSR count). The van der Waals surface area contributed by atoms with Crippen LogP contribution in [0.4, 0.5) is 0 Å². The standard InChI is InChI=1S/C16H24N6O/c1-13-9-14(2)22(19-13)10-15-5-3-8-21(15)16(23)6-4-7-20-12-17-11-18-20/h9,11-12,15H,3-8,10H2,1-2H3/t15-/m1/s1. The van der Waals surface area contributed by atoms with E-state index in [0.29, 0.717) is 6.42 Å². The predicted molar refractivity (Wildman–Crippen MR) is 85.7 cm³/mol. The number of aromatic nitrogens is 5. The fourth-order valence-electron chi connectivity index (χ4n) is 3.30. The number of nitrogens with zero attached hydrogens (tertiary/aromatic N) is 6. The molecule has 0 aromatic carbocycles. The Labute approximate surface area is 136 Å². The summed E-state index contributed by atoms with van der Waals surface area (Å²) in [6.45, 7) is 6.48. The monoisotopic (exact) mass is 316 g/mol. The molecule has 0 N–H and O–H groups in total. The highest BCUT2D eigenvalue weighted by Gasteiger charge is 2.29. The highest BCUT2D eigenvalue weighted by atomic mass is 16.2. The first-order valence-electron chi connectivity index (χ1n) is 8.26. The van der Waals surface area contributed by atoms with Crippen LogP contribution in [0.3, 0.4) is 0 Å². The average molecular weight is 316 g/mol. The third-order valence-corrected chi connectivity index (χ3v) is 4.43. The molecule has 2 aromatic heterocycles. The van der Waals surface area contributed by atoms with Gasteiger partial charge in [-0.2, -0.15) is 10.2 Å². The van der Waals surface area contributed by atoms with Crippen LogP contribution in [0, 0.1) is 13.8 Å². The molecule has 0 unspecified atom stereocenters. The maximum absolute atomic E-state index is 12.5. The van der Waals surface area contributed by atoms with Gasteiger partial charge in [0.1, 0.15) is 12.7 Å². The van der Waals surface area contributed by atoms with E-state index in [9.17, 15) is 4.79 Å². The lowest BCUT2D eigenvalue weighted by atomic mass is 10.2. The van der Waals surface area contributed by atoms with Gasteiger partial charge >= 0.3 is 0 Å². The zero-order valence-corrected chi connectivity index (χ0v) is 13.9. The van der Waals surface area contributed by atoms with E-state index >= 15 is 0 Å². The van der Waals surface area contributed by atoms with Gasteiger partial charge in [-0.25, -0.2) is 4.98 Å². The van der Waals surface area contributed by atoms with Crippen LogP contribution < -0.4 is 0 Å². The number of rotatable bonds is 6. The molecule has 1 fully saturated rings. The van der Waals surface area contributed by atoms with Gasteiger partial charge in [-0.05, 0) is 39.2 Å². The maximum atomic E-state index is 12.5. The third kappa shape index (κ3) is 3.78. The van der Waals surface area contributed by atoms with Gasteiger partial charge in [0.2, 0.25) is 5.91 Å². The highest BCUT2D eigenvalue weighted by molar-refractivity contribution is 5.76. The van der Waals surface area contributed by atoms with Crippen LogP contribution in [0.15, 0.2) is 18.7 Å². The summed E-state index contributed by atoms with van der Waals surface area (Å²) in [6, 6.07) is 2.35. The number of amides is 1. The Morgan fingerprint density at radius 3 is 2.96 bits per heavy atom. The summed E-state index contributed by atoms with van der Waals surface area (Å²) in [7, 11) is 0. The second-order valence-electron chi connectivity index (χ2n) is 6.25. The van der Waals surface area contributed by atoms with E-state index in [1.807, 2.05) is 16.5 Å². The molecule has 7 nitrogen and oxygen atoms in total. The third-order valence-electron chi connectivity index (χ3n) is 4.43. The lowest BCUT2D eigenvalue weighted by Crippen LogP contribution is -2.38. The normalized spacial score (nSPS) is 17.8. The van der Waals surface area contributed by atoms with E-state index in [0.717, 1.165) is 50.3 Å². The molecule has 0 saturated carbocycles. The maximum Gasteiger partial charge on any atom is 0.222 e. The van der Waals surface area contributed by atoms with Crippen molar-refractivity contribution >= 4 is 5.91 Å². The average Bonchev–Trinajstić information content (AvgIpc) is 3.22. The Hall–Kier alpha value is -2.18. The van der Waals surface area contributed by atoms with Crippen molar-refractivity contribution in [3.05, 3.63) is 30.1 Å². The van der Waals surface area contributed by atoms with Crippen molar-refractivity contribution < 1.29 is 4.79 Å². The van der Waals surface area contributed by atoms with Crippen LogP contribution in [0.5, 0.6) is 0 Å². The lowest BCUT2D eigenvalue weighted by Gasteiger charge is -2.25. The molecular formula is C16H24N6O. The molecular weight excluding hydrogens is 292 g/mol. The molecule has 7 heteroatoms. The van der Waals surface area contributed by atoms with Gasteiger partial charge in [0, 0.05) is 25.2 Å². The smallest absolute Gasteiger partial charge is 0.222 e. The van der Waals surface area contributed by atoms with Crippen molar-refractivity contribution in [2.24, 2.45) is 0 Å². The molecule has 124 valence electrons. The first kappa shape index (κ1) is 15.7. The lowest BCUT2D eigenvalue weighted by molar-refractivity contribution is -0.132. The molecule has 3 heterocycles. The second kappa shape index (κ2) is 6.93. The zero-order chi connectivity index (χ0) is 16.2. The number of carbonyl (C=O) groups is 1. The minimum Gasteiger partial charge on any atom is -0.338 e. The fourth-order valence-corrected chi connectivity index (χ4v) is 3.30. The Kier molecular flexibility index (Phi) is 4.73. The van der Waals surface area contributed by atoms with Crippen LogP contribution in [-0.4, -0.2) is 47.9 Å². The van der Waals surface area contributed by atoms with Crippen LogP contribution in [-0.2, 0) is 17.9 Å². The topological polar surface area (TPSA) is 68.8 Å². The van der Waals surface area contributed by atoms with E-state index < -0.39 is 0 Å². The van der Waals surface area contributed by atoms with Gasteiger partial charge in [0.05, 0.1) is 18.3 Å². The molecule has 0 aliphatic carbocycles. The van der Waals surface area contributed by atoms with E-state index in [2.05, 4.69) is 28.2 Å². The van der Waals surface area contributed by atoms with Crippen molar-refractivity contribution in [1.29, 1.82) is 0 Å². The molecule has 1 saturated heterocycles. The van der Waals surface area contributed by atoms with Crippen molar-refractivity contribution in [3.8, 4) is 0 Å². The second-order valence-corrected chi connectivity index (χ2v) is 6.25. The molecule has 1 amide bonds. The largest absolute Gasteiger partial charge is 0.338 e. The summed E-state index contributed by atoms with van der Waals surface area (Å²) < 4.78 is 3.80. The first-order valence-corrected chi connectivity index (χ1v) is 8.26. The van der Waals surface area contributed by atoms with Crippen molar-refractivity contribution in [2.75, 3.05) is 6.54 Å². The molecule has 1 aliphatic rings. The molecule has 2 aromatic rings. The SMILES string of the molecule is Cc1cc(C)n(C[C@H]2CCCN2C(=O)CCCn2cncn2)n1. The summed E-state index contributed by atoms with van der Waals surface area (Å²) in [5.41, 5.74) is 2.19. The number of aryl methyl sites for hydroxylation is 3. The molecule has 1 aliphatic heterocycles. The van der Waals surface area contributed by atoms with Crippen LogP contribution >= 0.6 is 0 Å². The van der Waals surface area contributed by atoms with E-state index in [4.69, 9.17) is 0 Å². The first-order chi connectivity index (χ1) is 11.1. The number of likely N-dealkylation sites (tertiary alicyclic amines) is 1. The molecule has 23 heavy (non-hydrogen) atoms. The number of hydrogen-bond acceptors (Lipinski definition) is 4. The minimum atomic E-state index is 0.245. The van der Waals surface area contributed by atoms with Crippen LogP contribution in [0.1, 0.15) is 37.1 Å². The van der Waals surface area contributed by atoms with Crippen molar-refractivity contribution in [1.82, 2.24) is 29.4 Å². The van der Waals surface area contributed by atoms with Crippen LogP contribution in [0.2, 0.25) is 0 Å². The van der Waals surface area contributed by atoms with Crippen LogP contribution in [0.25, 0.3) is 0 Å². The summed E-state index contributed by atoms with van der Waals surface area (Å²) in [5, 5.41) is 8.59. The van der Waals surface area contributed by atoms with E-state index in [-0.39, 0.29) is 11.9 Å². The molecule has 0 bridgehead atoms. The Balaban J connectivity index is 1.53. The van der Waals surface area contributed by atoms with E-state index in [1.165, 1.54) is 6.33 Å². The summed E-state index contributed by atoms with van der Waals surface area (Å²) in [6.07, 6.45) is 6.71. The van der Waals surface area contributed by atoms with Gasteiger partial charge in [-0.15, -0.1) is 0 Å². The summed E-state index contributed by atoms with van der Waals surface area (Å²) in [4.78, 5) is 18.5. The number of carbonyl (C=O) groups excluding carboxylic acids is 1. The van der Waals surface area contributed by atoms with Gasteiger partial charge in [-0.3, -0.25) is 14.2 Å². The Bertz CT molecular complexity index is 648. The fraction of sp³-hybridized carbons (Fsp3) is 0.625. The molecule has 0 spiro atoms. The zero-order valence-electron chi connectivity index (χ0n) is 13.9. The summed E-state index contributed by atoms with van der Waals surface area (Å²) in [5.74, 6) is 0.245. The van der Waals surface area contributed by atoms with Gasteiger partial charge in [-0.1, -0.05) is 0 Å². The predicted octanol–water partition coefficient (Wildman–Crippen LogP) is 1.56. The van der Waals surface area contributed by atoms with Crippen molar-refractivity contribution in [3.63, 3.8) is 0 Å². The highest BCUT2D eigenvalue weighted by Crippen LogP contribution is 2.21.